The Kier molecular flexibility index (Phi) is 3.66. The number of halogens is 1. The van der Waals surface area contributed by atoms with E-state index in [0.717, 1.165) is 6.42 Å². The average Bonchev–Trinajstić information content (AvgIpc) is 2.21. The summed E-state index contributed by atoms with van der Waals surface area (Å²) in [6.07, 6.45) is 0.859. The summed E-state index contributed by atoms with van der Waals surface area (Å²) in [5, 5.41) is 0. The zero-order valence-corrected chi connectivity index (χ0v) is 8.96. The minimum Gasteiger partial charge on any atom is -0.398 e. The highest BCUT2D eigenvalue weighted by Gasteiger charge is 2.14. The molecule has 0 unspecified atom stereocenters. The van der Waals surface area contributed by atoms with Gasteiger partial charge in [0, 0.05) is 19.3 Å². The molecule has 0 aromatic heterocycles. The van der Waals surface area contributed by atoms with Crippen molar-refractivity contribution in [1.29, 1.82) is 0 Å². The fraction of sp³-hybridized carbons (Fsp3) is 0.364. The van der Waals surface area contributed by atoms with Gasteiger partial charge in [0.05, 0.1) is 5.56 Å². The number of nitrogen functional groups attached to an aromatic ring is 1. The molecule has 0 radical (unpaired) electrons. The van der Waals surface area contributed by atoms with Crippen molar-refractivity contribution in [3.63, 3.8) is 0 Å². The van der Waals surface area contributed by atoms with Gasteiger partial charge in [-0.3, -0.25) is 4.79 Å². The summed E-state index contributed by atoms with van der Waals surface area (Å²) in [6.45, 7) is 2.60. The van der Waals surface area contributed by atoms with Crippen LogP contribution in [0.4, 0.5) is 10.1 Å². The summed E-state index contributed by atoms with van der Waals surface area (Å²) in [5.74, 6) is -0.689. The third kappa shape index (κ3) is 2.68. The molecule has 15 heavy (non-hydrogen) atoms. The van der Waals surface area contributed by atoms with Crippen molar-refractivity contribution in [2.24, 2.45) is 0 Å². The minimum atomic E-state index is -0.447. The lowest BCUT2D eigenvalue weighted by molar-refractivity contribution is 0.0795. The number of nitrogens with two attached hydrogens (primary N) is 1. The van der Waals surface area contributed by atoms with Crippen LogP contribution in [0.2, 0.25) is 0 Å². The first-order chi connectivity index (χ1) is 7.06. The second-order valence-electron chi connectivity index (χ2n) is 3.46. The summed E-state index contributed by atoms with van der Waals surface area (Å²) in [7, 11) is 1.68. The number of anilines is 1. The van der Waals surface area contributed by atoms with Crippen LogP contribution in [0.1, 0.15) is 23.7 Å². The van der Waals surface area contributed by atoms with Crippen molar-refractivity contribution in [2.45, 2.75) is 13.3 Å². The van der Waals surface area contributed by atoms with Gasteiger partial charge in [0.2, 0.25) is 0 Å². The quantitative estimate of drug-likeness (QED) is 0.774. The molecule has 1 aromatic rings. The van der Waals surface area contributed by atoms with Gasteiger partial charge in [0.25, 0.3) is 5.91 Å². The number of amides is 1. The molecule has 4 heteroatoms. The lowest BCUT2D eigenvalue weighted by atomic mass is 10.1. The topological polar surface area (TPSA) is 46.3 Å². The molecule has 0 bridgehead atoms. The molecule has 3 nitrogen and oxygen atoms in total. The van der Waals surface area contributed by atoms with Gasteiger partial charge < -0.3 is 10.6 Å². The molecular formula is C11H15FN2O. The molecule has 1 aromatic carbocycles. The van der Waals surface area contributed by atoms with Gasteiger partial charge in [-0.1, -0.05) is 6.92 Å². The summed E-state index contributed by atoms with van der Waals surface area (Å²) in [6, 6.07) is 3.82. The van der Waals surface area contributed by atoms with E-state index in [1.54, 1.807) is 7.05 Å². The summed E-state index contributed by atoms with van der Waals surface area (Å²) >= 11 is 0. The fourth-order valence-corrected chi connectivity index (χ4v) is 1.36. The average molecular weight is 210 g/mol. The Balaban J connectivity index is 2.95. The normalized spacial score (nSPS) is 10.1. The maximum Gasteiger partial charge on any atom is 0.255 e. The first-order valence-electron chi connectivity index (χ1n) is 4.86. The Morgan fingerprint density at radius 2 is 2.20 bits per heavy atom. The number of rotatable bonds is 3. The largest absolute Gasteiger partial charge is 0.398 e. The highest BCUT2D eigenvalue weighted by molar-refractivity contribution is 5.98. The molecule has 0 fully saturated rings. The van der Waals surface area contributed by atoms with Crippen LogP contribution in [0, 0.1) is 5.82 Å². The molecule has 1 rings (SSSR count). The maximum absolute atomic E-state index is 12.9. The SMILES string of the molecule is CCCN(C)C(=O)c1cc(F)ccc1N. The second-order valence-corrected chi connectivity index (χ2v) is 3.46. The van der Waals surface area contributed by atoms with Gasteiger partial charge in [-0.15, -0.1) is 0 Å². The number of carbonyl (C=O) groups excluding carboxylic acids is 1. The summed E-state index contributed by atoms with van der Waals surface area (Å²) < 4.78 is 12.9. The smallest absolute Gasteiger partial charge is 0.255 e. The predicted octanol–water partition coefficient (Wildman–Crippen LogP) is 1.89. The Hall–Kier alpha value is -1.58. The van der Waals surface area contributed by atoms with Crippen LogP contribution in [-0.2, 0) is 0 Å². The van der Waals surface area contributed by atoms with E-state index in [4.69, 9.17) is 5.73 Å². The monoisotopic (exact) mass is 210 g/mol. The molecule has 0 heterocycles. The molecule has 0 saturated heterocycles. The van der Waals surface area contributed by atoms with Crippen LogP contribution < -0.4 is 5.73 Å². The fourth-order valence-electron chi connectivity index (χ4n) is 1.36. The van der Waals surface area contributed by atoms with Crippen molar-refractivity contribution < 1.29 is 9.18 Å². The van der Waals surface area contributed by atoms with Gasteiger partial charge in [-0.2, -0.15) is 0 Å². The van der Waals surface area contributed by atoms with Crippen LogP contribution >= 0.6 is 0 Å². The molecular weight excluding hydrogens is 195 g/mol. The van der Waals surface area contributed by atoms with Crippen molar-refractivity contribution >= 4 is 11.6 Å². The number of hydrogen-bond donors (Lipinski definition) is 1. The van der Waals surface area contributed by atoms with E-state index < -0.39 is 5.82 Å². The van der Waals surface area contributed by atoms with E-state index in [1.165, 1.54) is 23.1 Å². The van der Waals surface area contributed by atoms with Crippen LogP contribution in [0.25, 0.3) is 0 Å². The highest BCUT2D eigenvalue weighted by atomic mass is 19.1. The molecule has 0 aliphatic heterocycles. The standard InChI is InChI=1S/C11H15FN2O/c1-3-6-14(2)11(15)9-7-8(12)4-5-10(9)13/h4-5,7H,3,6,13H2,1-2H3. The van der Waals surface area contributed by atoms with E-state index in [-0.39, 0.29) is 11.5 Å². The summed E-state index contributed by atoms with van der Waals surface area (Å²) in [5.41, 5.74) is 6.15. The minimum absolute atomic E-state index is 0.228. The maximum atomic E-state index is 12.9. The Bertz CT molecular complexity index is 366. The Morgan fingerprint density at radius 3 is 2.80 bits per heavy atom. The van der Waals surface area contributed by atoms with Gasteiger partial charge >= 0.3 is 0 Å². The van der Waals surface area contributed by atoms with Crippen molar-refractivity contribution in [3.8, 4) is 0 Å². The van der Waals surface area contributed by atoms with Crippen molar-refractivity contribution in [2.75, 3.05) is 19.3 Å². The van der Waals surface area contributed by atoms with Crippen LogP contribution in [0.15, 0.2) is 18.2 Å². The molecule has 0 atom stereocenters. The lowest BCUT2D eigenvalue weighted by Gasteiger charge is -2.17. The summed E-state index contributed by atoms with van der Waals surface area (Å²) in [4.78, 5) is 13.3. The molecule has 1 amide bonds. The first kappa shape index (κ1) is 11.5. The first-order valence-corrected chi connectivity index (χ1v) is 4.86. The third-order valence-corrected chi connectivity index (χ3v) is 2.15. The molecule has 82 valence electrons. The molecule has 0 spiro atoms. The van der Waals surface area contributed by atoms with E-state index >= 15 is 0 Å². The molecule has 0 aliphatic rings. The van der Waals surface area contributed by atoms with Crippen molar-refractivity contribution in [3.05, 3.63) is 29.6 Å². The zero-order chi connectivity index (χ0) is 11.4. The van der Waals surface area contributed by atoms with Crippen molar-refractivity contribution in [1.82, 2.24) is 4.90 Å². The highest BCUT2D eigenvalue weighted by Crippen LogP contribution is 2.15. The zero-order valence-electron chi connectivity index (χ0n) is 8.96. The van der Waals surface area contributed by atoms with Gasteiger partial charge in [-0.25, -0.2) is 4.39 Å². The number of hydrogen-bond acceptors (Lipinski definition) is 2. The van der Waals surface area contributed by atoms with E-state index in [2.05, 4.69) is 0 Å². The lowest BCUT2D eigenvalue weighted by Crippen LogP contribution is -2.28. The number of nitrogens with zero attached hydrogens (tertiary/aromatic N) is 1. The van der Waals surface area contributed by atoms with E-state index in [9.17, 15) is 9.18 Å². The van der Waals surface area contributed by atoms with Gasteiger partial charge in [0.1, 0.15) is 5.82 Å². The van der Waals surface area contributed by atoms with Gasteiger partial charge in [-0.05, 0) is 24.6 Å². The van der Waals surface area contributed by atoms with Crippen LogP contribution in [0.3, 0.4) is 0 Å². The predicted molar refractivity (Wildman–Crippen MR) is 58.1 cm³/mol. The second kappa shape index (κ2) is 4.77. The Labute approximate surface area is 88.7 Å². The number of benzene rings is 1. The van der Waals surface area contributed by atoms with Crippen LogP contribution in [0.5, 0.6) is 0 Å². The molecule has 0 saturated carbocycles. The molecule has 0 aliphatic carbocycles. The van der Waals surface area contributed by atoms with Gasteiger partial charge in [0.15, 0.2) is 0 Å². The Morgan fingerprint density at radius 1 is 1.53 bits per heavy atom. The van der Waals surface area contributed by atoms with Crippen LogP contribution in [-0.4, -0.2) is 24.4 Å². The van der Waals surface area contributed by atoms with E-state index in [1.807, 2.05) is 6.92 Å². The third-order valence-electron chi connectivity index (χ3n) is 2.15. The number of carbonyl (C=O) groups is 1. The van der Waals surface area contributed by atoms with E-state index in [0.29, 0.717) is 12.2 Å². The molecule has 2 N–H and O–H groups in total.